The van der Waals surface area contributed by atoms with Gasteiger partial charge in [0.2, 0.25) is 0 Å². The molecule has 2 rings (SSSR count). The minimum absolute atomic E-state index is 0.261. The highest BCUT2D eigenvalue weighted by molar-refractivity contribution is 5.91. The molecule has 3 nitrogen and oxygen atoms in total. The minimum atomic E-state index is -0.261. The van der Waals surface area contributed by atoms with Crippen molar-refractivity contribution in [3.05, 3.63) is 34.9 Å². The summed E-state index contributed by atoms with van der Waals surface area (Å²) >= 11 is 0. The summed E-state index contributed by atoms with van der Waals surface area (Å²) in [5, 5.41) is 3.45. The fourth-order valence-electron chi connectivity index (χ4n) is 2.21. The van der Waals surface area contributed by atoms with E-state index in [9.17, 15) is 4.79 Å². The molecule has 1 fully saturated rings. The molecule has 1 unspecified atom stereocenters. The maximum atomic E-state index is 11.4. The van der Waals surface area contributed by atoms with Crippen LogP contribution < -0.4 is 5.32 Å². The largest absolute Gasteiger partial charge is 0.465 e. The van der Waals surface area contributed by atoms with E-state index in [0.717, 1.165) is 12.1 Å². The van der Waals surface area contributed by atoms with Gasteiger partial charge >= 0.3 is 5.97 Å². The van der Waals surface area contributed by atoms with Crippen LogP contribution in [0.2, 0.25) is 0 Å². The maximum Gasteiger partial charge on any atom is 0.338 e. The van der Waals surface area contributed by atoms with Crippen molar-refractivity contribution in [3.8, 4) is 0 Å². The van der Waals surface area contributed by atoms with E-state index in [-0.39, 0.29) is 5.97 Å². The van der Waals surface area contributed by atoms with Gasteiger partial charge in [-0.25, -0.2) is 4.79 Å². The SMILES string of the molecule is COC(=O)c1ccc(C2CCCN2)cc1C. The average molecular weight is 219 g/mol. The Labute approximate surface area is 95.8 Å². The van der Waals surface area contributed by atoms with Crippen LogP contribution in [0.1, 0.15) is 40.4 Å². The van der Waals surface area contributed by atoms with E-state index in [2.05, 4.69) is 11.4 Å². The van der Waals surface area contributed by atoms with Crippen molar-refractivity contribution in [2.45, 2.75) is 25.8 Å². The first kappa shape index (κ1) is 11.1. The summed E-state index contributed by atoms with van der Waals surface area (Å²) in [6.45, 7) is 3.03. The molecule has 86 valence electrons. The van der Waals surface area contributed by atoms with E-state index in [0.29, 0.717) is 11.6 Å². The van der Waals surface area contributed by atoms with Gasteiger partial charge in [0.05, 0.1) is 12.7 Å². The molecule has 1 aromatic rings. The Kier molecular flexibility index (Phi) is 3.25. The number of aryl methyl sites for hydroxylation is 1. The number of carbonyl (C=O) groups is 1. The summed E-state index contributed by atoms with van der Waals surface area (Å²) in [6.07, 6.45) is 2.40. The second-order valence-corrected chi connectivity index (χ2v) is 4.21. The van der Waals surface area contributed by atoms with Crippen LogP contribution in [-0.2, 0) is 4.74 Å². The smallest absolute Gasteiger partial charge is 0.338 e. The molecule has 1 aliphatic heterocycles. The van der Waals surface area contributed by atoms with Gasteiger partial charge in [-0.05, 0) is 43.5 Å². The zero-order valence-corrected chi connectivity index (χ0v) is 9.75. The lowest BCUT2D eigenvalue weighted by atomic mass is 9.99. The van der Waals surface area contributed by atoms with Crippen LogP contribution in [0.3, 0.4) is 0 Å². The third-order valence-electron chi connectivity index (χ3n) is 3.12. The molecule has 1 saturated heterocycles. The number of carbonyl (C=O) groups excluding carboxylic acids is 1. The van der Waals surface area contributed by atoms with Gasteiger partial charge in [-0.2, -0.15) is 0 Å². The molecule has 0 saturated carbocycles. The van der Waals surface area contributed by atoms with Crippen molar-refractivity contribution < 1.29 is 9.53 Å². The Balaban J connectivity index is 2.25. The zero-order valence-electron chi connectivity index (χ0n) is 9.75. The molecule has 16 heavy (non-hydrogen) atoms. The Morgan fingerprint density at radius 3 is 2.88 bits per heavy atom. The minimum Gasteiger partial charge on any atom is -0.465 e. The van der Waals surface area contributed by atoms with Crippen molar-refractivity contribution in [1.29, 1.82) is 0 Å². The quantitative estimate of drug-likeness (QED) is 0.775. The predicted molar refractivity (Wildman–Crippen MR) is 62.5 cm³/mol. The molecule has 0 bridgehead atoms. The van der Waals surface area contributed by atoms with Crippen LogP contribution in [0, 0.1) is 6.92 Å². The zero-order chi connectivity index (χ0) is 11.5. The highest BCUT2D eigenvalue weighted by Crippen LogP contribution is 2.24. The van der Waals surface area contributed by atoms with Crippen molar-refractivity contribution in [2.24, 2.45) is 0 Å². The van der Waals surface area contributed by atoms with Gasteiger partial charge in [-0.1, -0.05) is 12.1 Å². The van der Waals surface area contributed by atoms with Crippen LogP contribution in [-0.4, -0.2) is 19.6 Å². The molecule has 1 atom stereocenters. The molecule has 1 N–H and O–H groups in total. The van der Waals surface area contributed by atoms with Gasteiger partial charge in [0.1, 0.15) is 0 Å². The van der Waals surface area contributed by atoms with Crippen LogP contribution in [0.4, 0.5) is 0 Å². The van der Waals surface area contributed by atoms with Crippen molar-refractivity contribution in [1.82, 2.24) is 5.32 Å². The second kappa shape index (κ2) is 4.66. The number of methoxy groups -OCH3 is 1. The fraction of sp³-hybridized carbons (Fsp3) is 0.462. The average Bonchev–Trinajstić information content (AvgIpc) is 2.81. The number of benzene rings is 1. The number of rotatable bonds is 2. The van der Waals surface area contributed by atoms with E-state index in [4.69, 9.17) is 4.74 Å². The first-order chi connectivity index (χ1) is 7.72. The highest BCUT2D eigenvalue weighted by atomic mass is 16.5. The predicted octanol–water partition coefficient (Wildman–Crippen LogP) is 2.21. The Hall–Kier alpha value is -1.35. The topological polar surface area (TPSA) is 38.3 Å². The first-order valence-corrected chi connectivity index (χ1v) is 5.64. The van der Waals surface area contributed by atoms with Gasteiger partial charge in [0, 0.05) is 6.04 Å². The normalized spacial score (nSPS) is 19.8. The summed E-state index contributed by atoms with van der Waals surface area (Å²) in [5.41, 5.74) is 2.91. The Morgan fingerprint density at radius 1 is 1.50 bits per heavy atom. The fourth-order valence-corrected chi connectivity index (χ4v) is 2.21. The molecule has 1 heterocycles. The van der Waals surface area contributed by atoms with Crippen LogP contribution in [0.25, 0.3) is 0 Å². The lowest BCUT2D eigenvalue weighted by Crippen LogP contribution is -2.13. The lowest BCUT2D eigenvalue weighted by molar-refractivity contribution is 0.0600. The van der Waals surface area contributed by atoms with Gasteiger partial charge in [-0.15, -0.1) is 0 Å². The molecule has 0 radical (unpaired) electrons. The molecule has 0 aliphatic carbocycles. The number of hydrogen-bond donors (Lipinski definition) is 1. The van der Waals surface area contributed by atoms with E-state index >= 15 is 0 Å². The molecular formula is C13H17NO2. The number of esters is 1. The summed E-state index contributed by atoms with van der Waals surface area (Å²) in [5.74, 6) is -0.261. The molecule has 0 aromatic heterocycles. The van der Waals surface area contributed by atoms with Gasteiger partial charge < -0.3 is 10.1 Å². The summed E-state index contributed by atoms with van der Waals surface area (Å²) < 4.78 is 4.73. The van der Waals surface area contributed by atoms with Gasteiger partial charge in [0.25, 0.3) is 0 Å². The molecule has 1 aromatic carbocycles. The van der Waals surface area contributed by atoms with Crippen molar-refractivity contribution in [3.63, 3.8) is 0 Å². The molecule has 3 heteroatoms. The summed E-state index contributed by atoms with van der Waals surface area (Å²) in [4.78, 5) is 11.4. The van der Waals surface area contributed by atoms with Gasteiger partial charge in [0.15, 0.2) is 0 Å². The monoisotopic (exact) mass is 219 g/mol. The van der Waals surface area contributed by atoms with Crippen LogP contribution in [0.15, 0.2) is 18.2 Å². The van der Waals surface area contributed by atoms with E-state index < -0.39 is 0 Å². The first-order valence-electron chi connectivity index (χ1n) is 5.64. The standard InChI is InChI=1S/C13H17NO2/c1-9-8-10(12-4-3-7-14-12)5-6-11(9)13(15)16-2/h5-6,8,12,14H,3-4,7H2,1-2H3. The highest BCUT2D eigenvalue weighted by Gasteiger charge is 2.17. The van der Waals surface area contributed by atoms with Crippen LogP contribution >= 0.6 is 0 Å². The number of hydrogen-bond acceptors (Lipinski definition) is 3. The molecule has 0 amide bonds. The second-order valence-electron chi connectivity index (χ2n) is 4.21. The molecule has 1 aliphatic rings. The third-order valence-corrected chi connectivity index (χ3v) is 3.12. The summed E-state index contributed by atoms with van der Waals surface area (Å²) in [6, 6.07) is 6.40. The number of nitrogens with one attached hydrogen (secondary N) is 1. The molecule has 0 spiro atoms. The van der Waals surface area contributed by atoms with E-state index in [1.807, 2.05) is 19.1 Å². The Morgan fingerprint density at radius 2 is 2.31 bits per heavy atom. The summed E-state index contributed by atoms with van der Waals surface area (Å²) in [7, 11) is 1.41. The lowest BCUT2D eigenvalue weighted by Gasteiger charge is -2.12. The molecular weight excluding hydrogens is 202 g/mol. The van der Waals surface area contributed by atoms with Crippen molar-refractivity contribution >= 4 is 5.97 Å². The van der Waals surface area contributed by atoms with Crippen molar-refractivity contribution in [2.75, 3.05) is 13.7 Å². The van der Waals surface area contributed by atoms with E-state index in [1.54, 1.807) is 0 Å². The van der Waals surface area contributed by atoms with Crippen LogP contribution in [0.5, 0.6) is 0 Å². The van der Waals surface area contributed by atoms with Gasteiger partial charge in [-0.3, -0.25) is 0 Å². The number of ether oxygens (including phenoxy) is 1. The Bertz CT molecular complexity index is 395. The third kappa shape index (κ3) is 2.09. The maximum absolute atomic E-state index is 11.4. The van der Waals surface area contributed by atoms with E-state index in [1.165, 1.54) is 25.5 Å².